The highest BCUT2D eigenvalue weighted by Gasteiger charge is 2.51. The van der Waals surface area contributed by atoms with E-state index in [1.807, 2.05) is 45.0 Å². The van der Waals surface area contributed by atoms with E-state index in [1.54, 1.807) is 16.9 Å². The molecule has 2 aromatic heterocycles. The standard InChI is InChI=1S/C21H22N4O3/c1-12(2)25-18-16(11-22-25)15(19(26)24-21(8-9-21)20(27)28)10-17(23-18)14-7-5-4-6-13(14)3/h4-7,10-12H,8-9H2,1-3H3,(H,24,26)(H,27,28). The number of nitrogens with zero attached hydrogens (tertiary/aromatic N) is 3. The number of carboxylic acids is 1. The molecular formula is C21H22N4O3. The first-order valence-corrected chi connectivity index (χ1v) is 9.32. The minimum Gasteiger partial charge on any atom is -0.480 e. The van der Waals surface area contributed by atoms with Gasteiger partial charge in [0.05, 0.1) is 22.8 Å². The summed E-state index contributed by atoms with van der Waals surface area (Å²) in [5, 5.41) is 17.1. The summed E-state index contributed by atoms with van der Waals surface area (Å²) in [5.41, 5.74) is 2.49. The Morgan fingerprint density at radius 3 is 2.57 bits per heavy atom. The lowest BCUT2D eigenvalue weighted by Crippen LogP contribution is -2.43. The molecule has 3 aromatic rings. The molecule has 7 nitrogen and oxygen atoms in total. The van der Waals surface area contributed by atoms with Crippen molar-refractivity contribution in [3.63, 3.8) is 0 Å². The van der Waals surface area contributed by atoms with E-state index in [0.29, 0.717) is 35.1 Å². The fourth-order valence-electron chi connectivity index (χ4n) is 3.38. The van der Waals surface area contributed by atoms with E-state index in [4.69, 9.17) is 4.98 Å². The van der Waals surface area contributed by atoms with Crippen LogP contribution in [0, 0.1) is 6.92 Å². The highest BCUT2D eigenvalue weighted by Crippen LogP contribution is 2.36. The Morgan fingerprint density at radius 1 is 1.25 bits per heavy atom. The summed E-state index contributed by atoms with van der Waals surface area (Å²) >= 11 is 0. The molecule has 4 rings (SSSR count). The van der Waals surface area contributed by atoms with Gasteiger partial charge in [0, 0.05) is 11.6 Å². The van der Waals surface area contributed by atoms with Crippen molar-refractivity contribution in [2.75, 3.05) is 0 Å². The lowest BCUT2D eigenvalue weighted by molar-refractivity contribution is -0.140. The Balaban J connectivity index is 1.88. The largest absolute Gasteiger partial charge is 0.480 e. The molecule has 144 valence electrons. The van der Waals surface area contributed by atoms with Gasteiger partial charge in [0.25, 0.3) is 5.91 Å². The number of carbonyl (C=O) groups excluding carboxylic acids is 1. The molecule has 1 amide bonds. The van der Waals surface area contributed by atoms with Crippen molar-refractivity contribution in [2.24, 2.45) is 0 Å². The van der Waals surface area contributed by atoms with Crippen LogP contribution in [0.15, 0.2) is 36.5 Å². The van der Waals surface area contributed by atoms with E-state index in [1.165, 1.54) is 0 Å². The van der Waals surface area contributed by atoms with Crippen LogP contribution in [0.4, 0.5) is 0 Å². The molecule has 1 fully saturated rings. The Hall–Kier alpha value is -3.22. The summed E-state index contributed by atoms with van der Waals surface area (Å²) in [6.45, 7) is 5.99. The van der Waals surface area contributed by atoms with E-state index < -0.39 is 17.4 Å². The molecule has 0 spiro atoms. The summed E-state index contributed by atoms with van der Waals surface area (Å²) in [4.78, 5) is 29.3. The maximum absolute atomic E-state index is 13.0. The Bertz CT molecular complexity index is 1100. The monoisotopic (exact) mass is 378 g/mol. The lowest BCUT2D eigenvalue weighted by Gasteiger charge is -2.15. The molecule has 0 atom stereocenters. The predicted octanol–water partition coefficient (Wildman–Crippen LogP) is 3.33. The molecule has 0 aliphatic heterocycles. The quantitative estimate of drug-likeness (QED) is 0.710. The van der Waals surface area contributed by atoms with Gasteiger partial charge in [-0.1, -0.05) is 24.3 Å². The van der Waals surface area contributed by atoms with Crippen LogP contribution in [0.1, 0.15) is 48.7 Å². The average molecular weight is 378 g/mol. The van der Waals surface area contributed by atoms with E-state index in [0.717, 1.165) is 11.1 Å². The van der Waals surface area contributed by atoms with Gasteiger partial charge in [0.1, 0.15) is 5.54 Å². The number of carboxylic acid groups (broad SMARTS) is 1. The van der Waals surface area contributed by atoms with Gasteiger partial charge in [-0.2, -0.15) is 5.10 Å². The Labute approximate surface area is 162 Å². The van der Waals surface area contributed by atoms with Gasteiger partial charge in [-0.25, -0.2) is 14.5 Å². The number of pyridine rings is 1. The topological polar surface area (TPSA) is 97.1 Å². The number of aromatic nitrogens is 3. The first-order chi connectivity index (χ1) is 13.3. The predicted molar refractivity (Wildman–Crippen MR) is 105 cm³/mol. The van der Waals surface area contributed by atoms with E-state index >= 15 is 0 Å². The maximum Gasteiger partial charge on any atom is 0.329 e. The van der Waals surface area contributed by atoms with E-state index in [-0.39, 0.29) is 6.04 Å². The number of amides is 1. The maximum atomic E-state index is 13.0. The van der Waals surface area contributed by atoms with Crippen LogP contribution < -0.4 is 5.32 Å². The first kappa shape index (κ1) is 18.2. The summed E-state index contributed by atoms with van der Waals surface area (Å²) in [5.74, 6) is -1.41. The zero-order valence-corrected chi connectivity index (χ0v) is 16.1. The normalized spacial score (nSPS) is 15.0. The molecule has 0 saturated heterocycles. The second-order valence-electron chi connectivity index (χ2n) is 7.63. The SMILES string of the molecule is Cc1ccccc1-c1cc(C(=O)NC2(C(=O)O)CC2)c2cnn(C(C)C)c2n1. The summed E-state index contributed by atoms with van der Waals surface area (Å²) < 4.78 is 1.78. The molecule has 28 heavy (non-hydrogen) atoms. The van der Waals surface area contributed by atoms with E-state index in [9.17, 15) is 14.7 Å². The molecule has 1 aliphatic rings. The van der Waals surface area contributed by atoms with Crippen LogP contribution in [-0.4, -0.2) is 37.3 Å². The van der Waals surface area contributed by atoms with Gasteiger partial charge >= 0.3 is 5.97 Å². The number of fused-ring (bicyclic) bond motifs is 1. The van der Waals surface area contributed by atoms with Gasteiger partial charge in [-0.05, 0) is 45.2 Å². The molecule has 2 N–H and O–H groups in total. The van der Waals surface area contributed by atoms with Gasteiger partial charge in [0.2, 0.25) is 0 Å². The third kappa shape index (κ3) is 2.93. The minimum absolute atomic E-state index is 0.0711. The number of hydrogen-bond acceptors (Lipinski definition) is 4. The van der Waals surface area contributed by atoms with Crippen molar-refractivity contribution in [1.82, 2.24) is 20.1 Å². The fourth-order valence-corrected chi connectivity index (χ4v) is 3.38. The molecule has 1 aliphatic carbocycles. The third-order valence-electron chi connectivity index (χ3n) is 5.23. The zero-order valence-electron chi connectivity index (χ0n) is 16.1. The van der Waals surface area contributed by atoms with Gasteiger partial charge < -0.3 is 10.4 Å². The highest BCUT2D eigenvalue weighted by molar-refractivity contribution is 6.08. The van der Waals surface area contributed by atoms with Crippen molar-refractivity contribution in [1.29, 1.82) is 0 Å². The van der Waals surface area contributed by atoms with Crippen molar-refractivity contribution >= 4 is 22.9 Å². The van der Waals surface area contributed by atoms with Crippen molar-refractivity contribution < 1.29 is 14.7 Å². The molecule has 0 unspecified atom stereocenters. The summed E-state index contributed by atoms with van der Waals surface area (Å²) in [7, 11) is 0. The first-order valence-electron chi connectivity index (χ1n) is 9.32. The number of nitrogens with one attached hydrogen (secondary N) is 1. The van der Waals surface area contributed by atoms with Crippen LogP contribution in [-0.2, 0) is 4.79 Å². The molecule has 1 aromatic carbocycles. The van der Waals surface area contributed by atoms with Gasteiger partial charge in [-0.3, -0.25) is 4.79 Å². The van der Waals surface area contributed by atoms with Crippen LogP contribution in [0.3, 0.4) is 0 Å². The van der Waals surface area contributed by atoms with Crippen LogP contribution in [0.25, 0.3) is 22.3 Å². The summed E-state index contributed by atoms with van der Waals surface area (Å²) in [6.07, 6.45) is 2.51. The molecule has 0 radical (unpaired) electrons. The Kier molecular flexibility index (Phi) is 4.18. The number of rotatable bonds is 5. The highest BCUT2D eigenvalue weighted by atomic mass is 16.4. The molecule has 2 heterocycles. The smallest absolute Gasteiger partial charge is 0.329 e. The molecular weight excluding hydrogens is 356 g/mol. The zero-order chi connectivity index (χ0) is 20.1. The number of benzene rings is 1. The lowest BCUT2D eigenvalue weighted by atomic mass is 10.0. The van der Waals surface area contributed by atoms with Gasteiger partial charge in [0.15, 0.2) is 5.65 Å². The third-order valence-corrected chi connectivity index (χ3v) is 5.23. The van der Waals surface area contributed by atoms with Crippen molar-refractivity contribution in [3.05, 3.63) is 47.7 Å². The van der Waals surface area contributed by atoms with Crippen LogP contribution in [0.5, 0.6) is 0 Å². The van der Waals surface area contributed by atoms with Gasteiger partial charge in [-0.15, -0.1) is 0 Å². The molecule has 0 bridgehead atoms. The number of hydrogen-bond donors (Lipinski definition) is 2. The molecule has 1 saturated carbocycles. The molecule has 7 heteroatoms. The van der Waals surface area contributed by atoms with Crippen LogP contribution >= 0.6 is 0 Å². The second kappa shape index (κ2) is 6.44. The van der Waals surface area contributed by atoms with Crippen LogP contribution in [0.2, 0.25) is 0 Å². The summed E-state index contributed by atoms with van der Waals surface area (Å²) in [6, 6.07) is 9.63. The van der Waals surface area contributed by atoms with Crippen molar-refractivity contribution in [3.8, 4) is 11.3 Å². The second-order valence-corrected chi connectivity index (χ2v) is 7.63. The van der Waals surface area contributed by atoms with E-state index in [2.05, 4.69) is 10.4 Å². The Morgan fingerprint density at radius 2 is 1.96 bits per heavy atom. The van der Waals surface area contributed by atoms with Crippen molar-refractivity contribution in [2.45, 2.75) is 45.2 Å². The number of aryl methyl sites for hydroxylation is 1. The minimum atomic E-state index is -1.15. The average Bonchev–Trinajstić information content (AvgIpc) is 3.31. The number of carbonyl (C=O) groups is 2. The number of aliphatic carboxylic acids is 1. The fraction of sp³-hybridized carbons (Fsp3) is 0.333.